The number of quaternary nitrogens is 1. The Bertz CT molecular complexity index is 1000. The van der Waals surface area contributed by atoms with Crippen LogP contribution in [0.2, 0.25) is 0 Å². The predicted octanol–water partition coefficient (Wildman–Crippen LogP) is -0.253. The number of nitrogens with zero attached hydrogens (tertiary/aromatic N) is 5. The maximum Gasteiger partial charge on any atom is 0.280 e. The van der Waals surface area contributed by atoms with Gasteiger partial charge in [-0.3, -0.25) is 9.59 Å². The first-order chi connectivity index (χ1) is 12.8. The molecule has 0 bridgehead atoms. The van der Waals surface area contributed by atoms with Crippen molar-refractivity contribution in [2.75, 3.05) is 36.1 Å². The third kappa shape index (κ3) is 2.05. The molecule has 130 valence electrons. The number of carbonyl (C=O) groups excluding carboxylic acids is 2. The lowest BCUT2D eigenvalue weighted by atomic mass is 9.93. The molecule has 0 unspecified atom stereocenters. The molecule has 3 heterocycles. The van der Waals surface area contributed by atoms with E-state index in [9.17, 15) is 9.59 Å². The van der Waals surface area contributed by atoms with Gasteiger partial charge in [-0.15, -0.1) is 10.2 Å². The molecular formula is C18H17N6O2+. The van der Waals surface area contributed by atoms with Gasteiger partial charge in [-0.2, -0.15) is 5.01 Å². The summed E-state index contributed by atoms with van der Waals surface area (Å²) in [4.78, 5) is 28.3. The fraction of sp³-hybridized carbons (Fsp3) is 0.222. The Balaban J connectivity index is 1.71. The minimum atomic E-state index is -0.364. The van der Waals surface area contributed by atoms with Crippen molar-refractivity contribution in [1.29, 1.82) is 0 Å². The average molecular weight is 349 g/mol. The average Bonchev–Trinajstić information content (AvgIpc) is 3.21. The summed E-state index contributed by atoms with van der Waals surface area (Å²) in [5, 5.41) is 12.5. The van der Waals surface area contributed by atoms with E-state index >= 15 is 0 Å². The highest BCUT2D eigenvalue weighted by atomic mass is 16.2. The fourth-order valence-corrected chi connectivity index (χ4v) is 3.84. The van der Waals surface area contributed by atoms with E-state index in [1.165, 1.54) is 17.3 Å². The molecule has 2 aliphatic rings. The van der Waals surface area contributed by atoms with Gasteiger partial charge >= 0.3 is 0 Å². The van der Waals surface area contributed by atoms with Crippen molar-refractivity contribution in [2.45, 2.75) is 0 Å². The molecule has 2 amide bonds. The second kappa shape index (κ2) is 5.63. The Hall–Kier alpha value is -3.26. The molecule has 1 saturated heterocycles. The van der Waals surface area contributed by atoms with Crippen LogP contribution in [-0.4, -0.2) is 52.9 Å². The maximum absolute atomic E-state index is 13.0. The van der Waals surface area contributed by atoms with Crippen molar-refractivity contribution in [3.63, 3.8) is 0 Å². The molecule has 1 fully saturated rings. The Morgan fingerprint density at radius 3 is 2.31 bits per heavy atom. The molecule has 8 nitrogen and oxygen atoms in total. The lowest BCUT2D eigenvalue weighted by Crippen LogP contribution is -2.89. The fourth-order valence-electron chi connectivity index (χ4n) is 3.84. The molecule has 1 aromatic heterocycles. The smallest absolute Gasteiger partial charge is 0.280 e. The highest BCUT2D eigenvalue weighted by molar-refractivity contribution is 6.33. The molecule has 5 rings (SSSR count). The standard InChI is InChI=1S/C18H16N6O2/c25-17-13-3-1-2-12-15(22-8-6-19-7-9-22)5-4-14(16(12)13)18(26)24(17)23-10-20-21-11-23/h1-5,10-11,19H,6-9H2/p+1. The first kappa shape index (κ1) is 15.0. The lowest BCUT2D eigenvalue weighted by Gasteiger charge is -2.31. The van der Waals surface area contributed by atoms with Gasteiger partial charge in [0.15, 0.2) is 0 Å². The Morgan fingerprint density at radius 2 is 1.58 bits per heavy atom. The minimum Gasteiger partial charge on any atom is -0.360 e. The quantitative estimate of drug-likeness (QED) is 0.645. The van der Waals surface area contributed by atoms with E-state index in [0.717, 1.165) is 47.6 Å². The van der Waals surface area contributed by atoms with Crippen LogP contribution >= 0.6 is 0 Å². The molecule has 3 aromatic rings. The Kier molecular flexibility index (Phi) is 3.26. The lowest BCUT2D eigenvalue weighted by molar-refractivity contribution is -0.655. The zero-order valence-electron chi connectivity index (χ0n) is 14.0. The van der Waals surface area contributed by atoms with Gasteiger partial charge < -0.3 is 10.2 Å². The summed E-state index contributed by atoms with van der Waals surface area (Å²) in [5.41, 5.74) is 2.13. The van der Waals surface area contributed by atoms with Crippen molar-refractivity contribution in [2.24, 2.45) is 0 Å². The number of rotatable bonds is 2. The van der Waals surface area contributed by atoms with E-state index in [2.05, 4.69) is 20.4 Å². The van der Waals surface area contributed by atoms with Crippen LogP contribution in [-0.2, 0) is 0 Å². The molecular weight excluding hydrogens is 332 g/mol. The monoisotopic (exact) mass is 349 g/mol. The topological polar surface area (TPSA) is 87.9 Å². The van der Waals surface area contributed by atoms with Gasteiger partial charge in [-0.1, -0.05) is 12.1 Å². The highest BCUT2D eigenvalue weighted by Gasteiger charge is 2.35. The van der Waals surface area contributed by atoms with E-state index in [4.69, 9.17) is 0 Å². The summed E-state index contributed by atoms with van der Waals surface area (Å²) in [6.45, 7) is 3.99. The molecule has 0 radical (unpaired) electrons. The summed E-state index contributed by atoms with van der Waals surface area (Å²) < 4.78 is 1.32. The van der Waals surface area contributed by atoms with E-state index < -0.39 is 0 Å². The molecule has 2 aromatic carbocycles. The molecule has 2 N–H and O–H groups in total. The van der Waals surface area contributed by atoms with E-state index in [-0.39, 0.29) is 11.8 Å². The van der Waals surface area contributed by atoms with Crippen molar-refractivity contribution in [1.82, 2.24) is 14.9 Å². The zero-order chi connectivity index (χ0) is 17.7. The maximum atomic E-state index is 13.0. The van der Waals surface area contributed by atoms with Crippen LogP contribution in [0.1, 0.15) is 20.7 Å². The van der Waals surface area contributed by atoms with Crippen molar-refractivity contribution in [3.8, 4) is 0 Å². The summed E-state index contributed by atoms with van der Waals surface area (Å²) in [5.74, 6) is -0.728. The molecule has 0 saturated carbocycles. The van der Waals surface area contributed by atoms with Gasteiger partial charge in [0.2, 0.25) is 0 Å². The van der Waals surface area contributed by atoms with Gasteiger partial charge in [-0.05, 0) is 18.2 Å². The highest BCUT2D eigenvalue weighted by Crippen LogP contribution is 2.35. The number of benzene rings is 2. The van der Waals surface area contributed by atoms with Gasteiger partial charge in [-0.25, -0.2) is 4.68 Å². The molecule has 0 spiro atoms. The van der Waals surface area contributed by atoms with Gasteiger partial charge in [0, 0.05) is 16.5 Å². The third-order valence-electron chi connectivity index (χ3n) is 5.05. The van der Waals surface area contributed by atoms with Gasteiger partial charge in [0.25, 0.3) is 11.8 Å². The SMILES string of the molecule is O=C1c2cccc3c(N4CC[NH2+]CC4)ccc(c23)C(=O)N1n1cnnc1. The third-order valence-corrected chi connectivity index (χ3v) is 5.05. The first-order valence-corrected chi connectivity index (χ1v) is 8.62. The number of carbonyl (C=O) groups is 2. The second-order valence-corrected chi connectivity index (χ2v) is 6.48. The minimum absolute atomic E-state index is 0.364. The molecule has 8 heteroatoms. The Labute approximate surface area is 149 Å². The number of piperazine rings is 1. The summed E-state index contributed by atoms with van der Waals surface area (Å²) >= 11 is 0. The number of anilines is 1. The number of nitrogens with two attached hydrogens (primary N) is 1. The predicted molar refractivity (Wildman–Crippen MR) is 94.7 cm³/mol. The summed E-state index contributed by atoms with van der Waals surface area (Å²) in [6, 6.07) is 9.45. The summed E-state index contributed by atoms with van der Waals surface area (Å²) in [6.07, 6.45) is 2.69. The van der Waals surface area contributed by atoms with E-state index in [1.54, 1.807) is 6.07 Å². The van der Waals surface area contributed by atoms with E-state index in [0.29, 0.717) is 11.1 Å². The second-order valence-electron chi connectivity index (χ2n) is 6.48. The van der Waals surface area contributed by atoms with Crippen LogP contribution in [0, 0.1) is 0 Å². The first-order valence-electron chi connectivity index (χ1n) is 8.62. The van der Waals surface area contributed by atoms with Crippen LogP contribution in [0.15, 0.2) is 43.0 Å². The molecule has 2 aliphatic heterocycles. The molecule has 0 aliphatic carbocycles. The zero-order valence-corrected chi connectivity index (χ0v) is 14.0. The number of aromatic nitrogens is 3. The number of imide groups is 1. The number of hydrogen-bond donors (Lipinski definition) is 1. The van der Waals surface area contributed by atoms with Crippen LogP contribution in [0.5, 0.6) is 0 Å². The van der Waals surface area contributed by atoms with Gasteiger partial charge in [0.05, 0.1) is 37.3 Å². The molecule has 26 heavy (non-hydrogen) atoms. The van der Waals surface area contributed by atoms with Crippen molar-refractivity contribution in [3.05, 3.63) is 54.1 Å². The van der Waals surface area contributed by atoms with Crippen LogP contribution in [0.25, 0.3) is 10.8 Å². The van der Waals surface area contributed by atoms with Crippen LogP contribution in [0.4, 0.5) is 5.69 Å². The van der Waals surface area contributed by atoms with Crippen LogP contribution in [0.3, 0.4) is 0 Å². The molecule has 0 atom stereocenters. The normalized spacial score (nSPS) is 17.2. The number of hydrogen-bond acceptors (Lipinski definition) is 5. The van der Waals surface area contributed by atoms with Crippen molar-refractivity contribution >= 4 is 28.3 Å². The van der Waals surface area contributed by atoms with Crippen molar-refractivity contribution < 1.29 is 14.9 Å². The largest absolute Gasteiger partial charge is 0.360 e. The number of amides is 2. The van der Waals surface area contributed by atoms with E-state index in [1.807, 2.05) is 24.3 Å². The van der Waals surface area contributed by atoms with Gasteiger partial charge in [0.1, 0.15) is 12.7 Å². The van der Waals surface area contributed by atoms with Crippen LogP contribution < -0.4 is 15.2 Å². The Morgan fingerprint density at radius 1 is 0.885 bits per heavy atom. The summed E-state index contributed by atoms with van der Waals surface area (Å²) in [7, 11) is 0.